The zero-order valence-electron chi connectivity index (χ0n) is 42.7. The Hall–Kier alpha value is -6.89. The molecule has 0 atom stereocenters. The zero-order valence-corrected chi connectivity index (χ0v) is 48.5. The van der Waals surface area contributed by atoms with Crippen LogP contribution >= 0.6 is 0 Å². The number of aromatic nitrogens is 3. The third kappa shape index (κ3) is 16.0. The normalized spacial score (nSPS) is 13.1. The number of hydrogen-bond acceptors (Lipinski definition) is 29. The molecule has 0 aliphatic carbocycles. The van der Waals surface area contributed by atoms with Crippen molar-refractivity contribution < 1.29 is 94.3 Å². The fourth-order valence-corrected chi connectivity index (χ4v) is 13.4. The Morgan fingerprint density at radius 3 is 1.91 bits per heavy atom. The van der Waals surface area contributed by atoms with Crippen LogP contribution in [-0.4, -0.2) is 140 Å². The second-order valence-electron chi connectivity index (χ2n) is 16.7. The second kappa shape index (κ2) is 25.3. The lowest BCUT2D eigenvalue weighted by Gasteiger charge is -2.23. The van der Waals surface area contributed by atoms with Crippen molar-refractivity contribution in [3.8, 4) is 5.75 Å². The molecule has 5 aromatic carbocycles. The molecule has 6 aromatic rings. The molecule has 0 aliphatic heterocycles. The molecule has 0 radical (unpaired) electrons. The van der Waals surface area contributed by atoms with Gasteiger partial charge in [-0.2, -0.15) is 61.4 Å². The van der Waals surface area contributed by atoms with E-state index in [0.29, 0.717) is 0 Å². The summed E-state index contributed by atoms with van der Waals surface area (Å²) in [4.78, 5) is 9.81. The number of phenolic OH excluding ortho intramolecular Hbond substituents is 1. The van der Waals surface area contributed by atoms with Crippen LogP contribution in [0.4, 0.5) is 56.1 Å². The summed E-state index contributed by atoms with van der Waals surface area (Å²) in [7, 11) is -30.1. The fraction of sp³-hybridized carbons (Fsp3) is 0.279. The predicted octanol–water partition coefficient (Wildman–Crippen LogP) is 5.37. The summed E-state index contributed by atoms with van der Waals surface area (Å²) in [5.74, 6) is -5.13. The van der Waals surface area contributed by atoms with Crippen molar-refractivity contribution in [2.45, 2.75) is 45.1 Å². The highest BCUT2D eigenvalue weighted by atomic mass is 32.3. The van der Waals surface area contributed by atoms with Gasteiger partial charge in [-0.05, 0) is 78.9 Å². The van der Waals surface area contributed by atoms with E-state index >= 15 is 4.39 Å². The summed E-state index contributed by atoms with van der Waals surface area (Å²) in [6, 6.07) is 15.0. The number of nitrogens with zero attached hydrogens (tertiary/aromatic N) is 8. The topological polar surface area (TPSA) is 466 Å². The van der Waals surface area contributed by atoms with Crippen LogP contribution in [-0.2, 0) is 93.0 Å². The van der Waals surface area contributed by atoms with Gasteiger partial charge in [-0.15, -0.1) is 20.5 Å². The maximum atomic E-state index is 15.3. The van der Waals surface area contributed by atoms with E-state index in [0.717, 1.165) is 69.9 Å². The summed E-state index contributed by atoms with van der Waals surface area (Å²) >= 11 is 0. The van der Waals surface area contributed by atoms with Gasteiger partial charge < -0.3 is 21.1 Å². The number of benzene rings is 5. The molecule has 1 aromatic heterocycles. The average Bonchev–Trinajstić information content (AvgIpc) is 2.19. The maximum Gasteiger partial charge on any atom is 0.397 e. The van der Waals surface area contributed by atoms with Gasteiger partial charge in [0.2, 0.25) is 11.9 Å². The first-order chi connectivity index (χ1) is 38.1. The Kier molecular flexibility index (Phi) is 19.8. The first-order valence-electron chi connectivity index (χ1n) is 22.8. The molecule has 39 heteroatoms. The number of halogens is 1. The van der Waals surface area contributed by atoms with Gasteiger partial charge in [-0.1, -0.05) is 25.1 Å². The molecule has 0 saturated heterocycles. The smallest absolute Gasteiger partial charge is 0.397 e. The number of azo groups is 2. The highest BCUT2D eigenvalue weighted by molar-refractivity contribution is 7.92. The molecule has 0 unspecified atom stereocenters. The maximum absolute atomic E-state index is 15.3. The molecule has 0 spiro atoms. The summed E-state index contributed by atoms with van der Waals surface area (Å²) in [5.41, 5.74) is 2.13. The lowest BCUT2D eigenvalue weighted by molar-refractivity contribution is 0.269. The summed E-state index contributed by atoms with van der Waals surface area (Å²) < 4.78 is 230. The number of nitrogen functional groups attached to an aromatic ring is 1. The average molecular weight is 1280 g/mol. The quantitative estimate of drug-likeness (QED) is 0.0142. The van der Waals surface area contributed by atoms with Gasteiger partial charge in [0.05, 0.1) is 61.2 Å². The molecule has 0 fully saturated rings. The number of anilines is 5. The van der Waals surface area contributed by atoms with Gasteiger partial charge >= 0.3 is 16.5 Å². The molecule has 0 amide bonds. The minimum atomic E-state index is -5.09. The Morgan fingerprint density at radius 1 is 0.671 bits per heavy atom. The summed E-state index contributed by atoms with van der Waals surface area (Å²) in [6.07, 6.45) is -1.59. The number of sulfone groups is 2. The summed E-state index contributed by atoms with van der Waals surface area (Å²) in [6.45, 7) is 0.496. The van der Waals surface area contributed by atoms with Crippen molar-refractivity contribution in [3.63, 3.8) is 0 Å². The van der Waals surface area contributed by atoms with Crippen LogP contribution in [0.25, 0.3) is 10.8 Å². The Morgan fingerprint density at radius 2 is 1.29 bits per heavy atom. The van der Waals surface area contributed by atoms with Gasteiger partial charge in [0.15, 0.2) is 25.4 Å². The SMILES string of the molecule is CCCS(=O)(=O)c1ccc(N=Nc2c(S(=O)(=O)OC)cc3cc(CS(=O)(=O)O)c(N=Nc4cc(Nc5nc(F)nc(N(CCS(=O)(=O)CCCOS(=O)(=O)O)c6ccccc6)n5)ccc4S(=O)(=O)OC)c(O)c3c2N)c(S(=O)(=O)OC)c1. The molecule has 31 nitrogen and oxygen atoms in total. The molecule has 0 aliphatic rings. The van der Waals surface area contributed by atoms with Crippen molar-refractivity contribution in [1.29, 1.82) is 0 Å². The van der Waals surface area contributed by atoms with Crippen molar-refractivity contribution in [3.05, 3.63) is 90.5 Å². The molecular formula is C43H47FN10O21S7. The standard InChI is InChI=1S/C43H47FN10O21S7/c1-5-18-77(58,59)30-13-14-31(34(24-30)80(65,66)73-3)50-53-39-35(81(67,68)74-4)22-26-21-27(25-78(60,61)62)38(40(55)36(26)37(39)45)52-51-32-23-28(12-15-33(32)79(63,64)72-2)46-42-47-41(44)48-43(49-42)54(29-10-7-6-8-11-29)16-20-76(56,57)19-9-17-75-82(69,70)71/h6-8,10-15,21-24,55H,5,9,16-20,25,45H2,1-4H3,(H,60,61,62)(H,69,70,71)(H,46,47,48,49). The molecule has 0 bridgehead atoms. The van der Waals surface area contributed by atoms with E-state index in [1.54, 1.807) is 25.1 Å². The molecule has 0 saturated carbocycles. The lowest BCUT2D eigenvalue weighted by Crippen LogP contribution is -2.28. The van der Waals surface area contributed by atoms with Gasteiger partial charge in [0, 0.05) is 23.5 Å². The van der Waals surface area contributed by atoms with E-state index < -0.39 is 189 Å². The Balaban J connectivity index is 1.48. The highest BCUT2D eigenvalue weighted by Gasteiger charge is 2.30. The van der Waals surface area contributed by atoms with Crippen molar-refractivity contribution >= 4 is 133 Å². The van der Waals surface area contributed by atoms with Gasteiger partial charge in [0.25, 0.3) is 40.5 Å². The van der Waals surface area contributed by atoms with E-state index in [9.17, 15) is 68.6 Å². The minimum Gasteiger partial charge on any atom is -0.505 e. The number of phenols is 1. The second-order valence-corrected chi connectivity index (χ2v) is 28.7. The van der Waals surface area contributed by atoms with Crippen molar-refractivity contribution in [2.75, 3.05) is 67.7 Å². The summed E-state index contributed by atoms with van der Waals surface area (Å²) in [5, 5.41) is 29.2. The van der Waals surface area contributed by atoms with E-state index in [1.807, 2.05) is 0 Å². The highest BCUT2D eigenvalue weighted by Crippen LogP contribution is 2.48. The van der Waals surface area contributed by atoms with E-state index in [4.69, 9.17) is 10.3 Å². The number of aromatic hydroxyl groups is 1. The molecular weight excluding hydrogens is 1240 g/mol. The van der Waals surface area contributed by atoms with Crippen LogP contribution in [0.2, 0.25) is 0 Å². The fourth-order valence-electron chi connectivity index (χ4n) is 7.40. The Bertz CT molecular complexity index is 4340. The van der Waals surface area contributed by atoms with Gasteiger partial charge in [0.1, 0.15) is 43.2 Å². The number of hydrogen-bond donors (Lipinski definition) is 5. The van der Waals surface area contributed by atoms with Crippen molar-refractivity contribution in [2.24, 2.45) is 20.5 Å². The Labute approximate surface area is 469 Å². The molecule has 6 N–H and O–H groups in total. The number of nitrogens with two attached hydrogens (primary N) is 1. The first-order valence-corrected chi connectivity index (χ1v) is 33.5. The number of nitrogens with one attached hydrogen (secondary N) is 1. The van der Waals surface area contributed by atoms with Crippen LogP contribution < -0.4 is 16.0 Å². The van der Waals surface area contributed by atoms with Crippen LogP contribution in [0, 0.1) is 6.08 Å². The molecule has 444 valence electrons. The van der Waals surface area contributed by atoms with Gasteiger partial charge in [-0.25, -0.2) is 21.0 Å². The molecule has 82 heavy (non-hydrogen) atoms. The molecule has 1 heterocycles. The van der Waals surface area contributed by atoms with E-state index in [-0.39, 0.29) is 30.0 Å². The van der Waals surface area contributed by atoms with Crippen molar-refractivity contribution in [1.82, 2.24) is 15.0 Å². The number of rotatable bonds is 27. The van der Waals surface area contributed by atoms with Crippen LogP contribution in [0.15, 0.2) is 119 Å². The van der Waals surface area contributed by atoms with E-state index in [2.05, 4.69) is 57.5 Å². The zero-order chi connectivity index (χ0) is 60.8. The predicted molar refractivity (Wildman–Crippen MR) is 289 cm³/mol. The number of para-hydroxylation sites is 1. The van der Waals surface area contributed by atoms with Crippen LogP contribution in [0.3, 0.4) is 0 Å². The third-order valence-electron chi connectivity index (χ3n) is 11.1. The third-order valence-corrected chi connectivity index (χ3v) is 19.8. The molecule has 6 rings (SSSR count). The minimum absolute atomic E-state index is 0.156. The monoisotopic (exact) mass is 1280 g/mol. The first kappa shape index (κ1) is 64.3. The number of fused-ring (bicyclic) bond motifs is 1. The lowest BCUT2D eigenvalue weighted by atomic mass is 10.0. The van der Waals surface area contributed by atoms with E-state index in [1.165, 1.54) is 17.0 Å². The van der Waals surface area contributed by atoms with Gasteiger partial charge in [-0.3, -0.25) is 21.7 Å². The van der Waals surface area contributed by atoms with Crippen LogP contribution in [0.1, 0.15) is 25.3 Å². The van der Waals surface area contributed by atoms with Crippen LogP contribution in [0.5, 0.6) is 5.75 Å². The largest absolute Gasteiger partial charge is 0.505 e.